The molecule has 19 heavy (non-hydrogen) atoms. The van der Waals surface area contributed by atoms with E-state index in [-0.39, 0.29) is 0 Å². The second kappa shape index (κ2) is 8.89. The molecule has 0 aromatic heterocycles. The lowest BCUT2D eigenvalue weighted by molar-refractivity contribution is 0.124. The predicted molar refractivity (Wildman–Crippen MR) is 82.4 cm³/mol. The molecule has 0 aliphatic carbocycles. The third kappa shape index (κ3) is 7.81. The molecule has 0 amide bonds. The fourth-order valence-electron chi connectivity index (χ4n) is 1.74. The van der Waals surface area contributed by atoms with Crippen LogP contribution in [0.15, 0.2) is 36.4 Å². The summed E-state index contributed by atoms with van der Waals surface area (Å²) in [4.78, 5) is 0. The minimum Gasteiger partial charge on any atom is -0.376 e. The molecule has 1 aromatic rings. The van der Waals surface area contributed by atoms with Crippen LogP contribution in [0.5, 0.6) is 0 Å². The SMILES string of the molecule is C=C(C)CCOCc1ccc(CCNC(C)C)cc1. The van der Waals surface area contributed by atoms with Crippen LogP contribution < -0.4 is 5.32 Å². The van der Waals surface area contributed by atoms with Crippen LogP contribution in [-0.2, 0) is 17.8 Å². The van der Waals surface area contributed by atoms with Crippen LogP contribution in [0.1, 0.15) is 38.3 Å². The first-order valence-electron chi connectivity index (χ1n) is 7.11. The van der Waals surface area contributed by atoms with E-state index in [1.165, 1.54) is 16.7 Å². The second-order valence-electron chi connectivity index (χ2n) is 5.44. The maximum absolute atomic E-state index is 5.61. The smallest absolute Gasteiger partial charge is 0.0717 e. The summed E-state index contributed by atoms with van der Waals surface area (Å²) in [7, 11) is 0. The fourth-order valence-corrected chi connectivity index (χ4v) is 1.74. The van der Waals surface area contributed by atoms with Gasteiger partial charge < -0.3 is 10.1 Å². The number of benzene rings is 1. The molecule has 0 saturated heterocycles. The van der Waals surface area contributed by atoms with E-state index in [0.717, 1.165) is 26.0 Å². The topological polar surface area (TPSA) is 21.3 Å². The van der Waals surface area contributed by atoms with E-state index in [2.05, 4.69) is 50.0 Å². The molecule has 106 valence electrons. The van der Waals surface area contributed by atoms with Crippen LogP contribution in [0.3, 0.4) is 0 Å². The molecular formula is C17H27NO. The van der Waals surface area contributed by atoms with E-state index in [9.17, 15) is 0 Å². The van der Waals surface area contributed by atoms with Gasteiger partial charge in [0.15, 0.2) is 0 Å². The molecule has 0 saturated carbocycles. The fraction of sp³-hybridized carbons (Fsp3) is 0.529. The lowest BCUT2D eigenvalue weighted by Crippen LogP contribution is -2.24. The van der Waals surface area contributed by atoms with Crippen molar-refractivity contribution in [3.05, 3.63) is 47.5 Å². The van der Waals surface area contributed by atoms with Gasteiger partial charge in [0, 0.05) is 6.04 Å². The third-order valence-electron chi connectivity index (χ3n) is 2.93. The third-order valence-corrected chi connectivity index (χ3v) is 2.93. The zero-order chi connectivity index (χ0) is 14.1. The van der Waals surface area contributed by atoms with Crippen LogP contribution in [0, 0.1) is 0 Å². The van der Waals surface area contributed by atoms with E-state index in [0.29, 0.717) is 12.6 Å². The van der Waals surface area contributed by atoms with Gasteiger partial charge in [0.1, 0.15) is 0 Å². The van der Waals surface area contributed by atoms with Gasteiger partial charge in [-0.05, 0) is 37.4 Å². The molecule has 0 bridgehead atoms. The summed E-state index contributed by atoms with van der Waals surface area (Å²) in [6, 6.07) is 9.26. The molecule has 0 spiro atoms. The summed E-state index contributed by atoms with van der Waals surface area (Å²) in [6.45, 7) is 12.7. The monoisotopic (exact) mass is 261 g/mol. The van der Waals surface area contributed by atoms with Crippen LogP contribution in [-0.4, -0.2) is 19.2 Å². The van der Waals surface area contributed by atoms with Crippen molar-refractivity contribution >= 4 is 0 Å². The standard InChI is InChI=1S/C17H27NO/c1-14(2)10-12-19-13-17-7-5-16(6-8-17)9-11-18-15(3)4/h5-8,15,18H,1,9-13H2,2-4H3. The van der Waals surface area contributed by atoms with Crippen molar-refractivity contribution in [3.8, 4) is 0 Å². The quantitative estimate of drug-likeness (QED) is 0.540. The Bertz CT molecular complexity index is 367. The molecule has 0 aliphatic heterocycles. The molecular weight excluding hydrogens is 234 g/mol. The van der Waals surface area contributed by atoms with E-state index < -0.39 is 0 Å². The van der Waals surface area contributed by atoms with Gasteiger partial charge in [-0.3, -0.25) is 0 Å². The van der Waals surface area contributed by atoms with Crippen molar-refractivity contribution in [1.29, 1.82) is 0 Å². The summed E-state index contributed by atoms with van der Waals surface area (Å²) < 4.78 is 5.61. The van der Waals surface area contributed by atoms with Crippen molar-refractivity contribution in [1.82, 2.24) is 5.32 Å². The Hall–Kier alpha value is -1.12. The molecule has 0 atom stereocenters. The average Bonchev–Trinajstić information content (AvgIpc) is 2.36. The predicted octanol–water partition coefficient (Wildman–Crippen LogP) is 3.71. The molecule has 0 aliphatic rings. The molecule has 1 aromatic carbocycles. The van der Waals surface area contributed by atoms with Gasteiger partial charge in [-0.25, -0.2) is 0 Å². The van der Waals surface area contributed by atoms with Gasteiger partial charge in [-0.15, -0.1) is 6.58 Å². The molecule has 0 heterocycles. The summed E-state index contributed by atoms with van der Waals surface area (Å²) >= 11 is 0. The highest BCUT2D eigenvalue weighted by molar-refractivity contribution is 5.22. The van der Waals surface area contributed by atoms with Gasteiger partial charge in [-0.1, -0.05) is 43.7 Å². The summed E-state index contributed by atoms with van der Waals surface area (Å²) in [6.07, 6.45) is 2.02. The summed E-state index contributed by atoms with van der Waals surface area (Å²) in [5, 5.41) is 3.43. The minimum absolute atomic E-state index is 0.556. The van der Waals surface area contributed by atoms with Crippen molar-refractivity contribution in [2.45, 2.75) is 46.3 Å². The van der Waals surface area contributed by atoms with Crippen LogP contribution in [0.25, 0.3) is 0 Å². The van der Waals surface area contributed by atoms with Crippen LogP contribution >= 0.6 is 0 Å². The normalized spacial score (nSPS) is 10.9. The van der Waals surface area contributed by atoms with Gasteiger partial charge in [0.25, 0.3) is 0 Å². The molecule has 2 nitrogen and oxygen atoms in total. The first-order valence-corrected chi connectivity index (χ1v) is 7.11. The van der Waals surface area contributed by atoms with Crippen LogP contribution in [0.2, 0.25) is 0 Å². The molecule has 0 radical (unpaired) electrons. The maximum atomic E-state index is 5.61. The summed E-state index contributed by atoms with van der Waals surface area (Å²) in [5.74, 6) is 0. The Kier molecular flexibility index (Phi) is 7.46. The molecule has 1 rings (SSSR count). The number of rotatable bonds is 9. The average molecular weight is 261 g/mol. The largest absolute Gasteiger partial charge is 0.376 e. The van der Waals surface area contributed by atoms with Crippen molar-refractivity contribution in [3.63, 3.8) is 0 Å². The number of hydrogen-bond donors (Lipinski definition) is 1. The second-order valence-corrected chi connectivity index (χ2v) is 5.44. The highest BCUT2D eigenvalue weighted by Gasteiger charge is 1.97. The Balaban J connectivity index is 2.25. The van der Waals surface area contributed by atoms with Crippen LogP contribution in [0.4, 0.5) is 0 Å². The van der Waals surface area contributed by atoms with Crippen molar-refractivity contribution in [2.75, 3.05) is 13.2 Å². The first-order chi connectivity index (χ1) is 9.08. The Labute approximate surface area is 117 Å². The Morgan fingerprint density at radius 3 is 2.42 bits per heavy atom. The lowest BCUT2D eigenvalue weighted by Gasteiger charge is -2.08. The minimum atomic E-state index is 0.556. The number of hydrogen-bond acceptors (Lipinski definition) is 2. The van der Waals surface area contributed by atoms with Crippen molar-refractivity contribution < 1.29 is 4.74 Å². The molecule has 1 N–H and O–H groups in total. The number of ether oxygens (including phenoxy) is 1. The Morgan fingerprint density at radius 2 is 1.84 bits per heavy atom. The molecule has 2 heteroatoms. The Morgan fingerprint density at radius 1 is 1.21 bits per heavy atom. The van der Waals surface area contributed by atoms with Crippen molar-refractivity contribution in [2.24, 2.45) is 0 Å². The maximum Gasteiger partial charge on any atom is 0.0717 e. The van der Waals surface area contributed by atoms with E-state index in [4.69, 9.17) is 4.74 Å². The summed E-state index contributed by atoms with van der Waals surface area (Å²) in [5.41, 5.74) is 3.79. The van der Waals surface area contributed by atoms with Gasteiger partial charge in [0.2, 0.25) is 0 Å². The zero-order valence-corrected chi connectivity index (χ0v) is 12.5. The lowest BCUT2D eigenvalue weighted by atomic mass is 10.1. The highest BCUT2D eigenvalue weighted by Crippen LogP contribution is 2.07. The van der Waals surface area contributed by atoms with Gasteiger partial charge in [0.05, 0.1) is 13.2 Å². The highest BCUT2D eigenvalue weighted by atomic mass is 16.5. The van der Waals surface area contributed by atoms with E-state index in [1.807, 2.05) is 6.92 Å². The van der Waals surface area contributed by atoms with Gasteiger partial charge >= 0.3 is 0 Å². The molecule has 0 unspecified atom stereocenters. The van der Waals surface area contributed by atoms with E-state index >= 15 is 0 Å². The first kappa shape index (κ1) is 15.9. The zero-order valence-electron chi connectivity index (χ0n) is 12.5. The van der Waals surface area contributed by atoms with E-state index in [1.54, 1.807) is 0 Å². The van der Waals surface area contributed by atoms with Gasteiger partial charge in [-0.2, -0.15) is 0 Å². The number of nitrogens with one attached hydrogen (secondary N) is 1. The molecule has 0 fully saturated rings.